The molecule has 1 fully saturated rings. The van der Waals surface area contributed by atoms with Crippen LogP contribution in [0.15, 0.2) is 85.5 Å². The number of hydrogen-bond donors (Lipinski definition) is 1. The fourth-order valence-corrected chi connectivity index (χ4v) is 5.61. The normalized spacial score (nSPS) is 14.3. The highest BCUT2D eigenvalue weighted by Crippen LogP contribution is 2.39. The number of aryl methyl sites for hydroxylation is 1. The van der Waals surface area contributed by atoms with E-state index in [1.807, 2.05) is 40.5 Å². The van der Waals surface area contributed by atoms with Crippen molar-refractivity contribution in [2.24, 2.45) is 12.8 Å². The summed E-state index contributed by atoms with van der Waals surface area (Å²) in [4.78, 5) is 9.63. The number of rotatable bonds is 4. The van der Waals surface area contributed by atoms with E-state index in [0.717, 1.165) is 57.5 Å². The Morgan fingerprint density at radius 2 is 1.62 bits per heavy atom. The Labute approximate surface area is 238 Å². The number of hydrogen-bond acceptors (Lipinski definition) is 5. The van der Waals surface area contributed by atoms with E-state index in [9.17, 15) is 0 Å². The lowest BCUT2D eigenvalue weighted by Gasteiger charge is -2.24. The lowest BCUT2D eigenvalue weighted by atomic mass is 9.88. The summed E-state index contributed by atoms with van der Waals surface area (Å²) < 4.78 is 3.89. The van der Waals surface area contributed by atoms with Crippen molar-refractivity contribution in [1.82, 2.24) is 29.1 Å². The molecule has 6 aromatic rings. The molecular formula is C30H29Cl2N7. The predicted molar refractivity (Wildman–Crippen MR) is 160 cm³/mol. The highest BCUT2D eigenvalue weighted by molar-refractivity contribution is 5.98. The molecule has 0 radical (unpaired) electrons. The molecule has 2 aromatic carbocycles. The number of benzene rings is 2. The molecule has 7 rings (SSSR count). The Bertz CT molecular complexity index is 1750. The van der Waals surface area contributed by atoms with Crippen LogP contribution >= 0.6 is 24.8 Å². The second-order valence-corrected chi connectivity index (χ2v) is 10.1. The fourth-order valence-electron chi connectivity index (χ4n) is 5.61. The van der Waals surface area contributed by atoms with Gasteiger partial charge in [-0.3, -0.25) is 4.40 Å². The second-order valence-electron chi connectivity index (χ2n) is 10.1. The molecule has 2 N–H and O–H groups in total. The summed E-state index contributed by atoms with van der Waals surface area (Å²) in [7, 11) is 1.94. The Hall–Kier alpha value is -3.78. The zero-order chi connectivity index (χ0) is 25.0. The number of aromatic nitrogens is 6. The van der Waals surface area contributed by atoms with Crippen molar-refractivity contribution in [2.75, 3.05) is 0 Å². The predicted octanol–water partition coefficient (Wildman–Crippen LogP) is 6.58. The summed E-state index contributed by atoms with van der Waals surface area (Å²) in [5, 5.41) is 9.95. The van der Waals surface area contributed by atoms with E-state index < -0.39 is 0 Å². The summed E-state index contributed by atoms with van der Waals surface area (Å²) in [6, 6.07) is 23.3. The van der Waals surface area contributed by atoms with Gasteiger partial charge in [0.05, 0.1) is 17.5 Å². The largest absolute Gasteiger partial charge is 0.340 e. The van der Waals surface area contributed by atoms with Crippen molar-refractivity contribution >= 4 is 41.4 Å². The van der Waals surface area contributed by atoms with Gasteiger partial charge in [0.2, 0.25) is 0 Å². The van der Waals surface area contributed by atoms with Crippen LogP contribution in [-0.2, 0) is 12.6 Å². The van der Waals surface area contributed by atoms with Crippen LogP contribution in [0.4, 0.5) is 0 Å². The summed E-state index contributed by atoms with van der Waals surface area (Å²) in [6.45, 7) is 0. The van der Waals surface area contributed by atoms with Gasteiger partial charge in [0, 0.05) is 41.5 Å². The fraction of sp³-hybridized carbons (Fsp3) is 0.200. The first kappa shape index (κ1) is 26.8. The van der Waals surface area contributed by atoms with Crippen LogP contribution in [0.2, 0.25) is 0 Å². The van der Waals surface area contributed by atoms with E-state index in [4.69, 9.17) is 10.7 Å². The topological polar surface area (TPSA) is 86.9 Å². The number of nitrogens with zero attached hydrogens (tertiary/aromatic N) is 6. The lowest BCUT2D eigenvalue weighted by molar-refractivity contribution is 0.462. The van der Waals surface area contributed by atoms with Gasteiger partial charge in [-0.2, -0.15) is 0 Å². The standard InChI is InChI=1S/C30H27N7.2ClH/c1-36-18-26(32-19-36)29-35-34-28-24-17-23(20-7-3-2-4-8-20)27(33-25(24)13-16-37(28)29)21-9-11-22(12-10-21)30(31)14-5-6-15-30;;/h2-4,7-13,16-19H,5-6,14-15,31H2,1H3;2*1H. The number of imidazole rings is 1. The quantitative estimate of drug-likeness (QED) is 0.264. The Kier molecular flexibility index (Phi) is 7.16. The van der Waals surface area contributed by atoms with Crippen LogP contribution in [0.1, 0.15) is 31.2 Å². The molecule has 1 aliphatic carbocycles. The second kappa shape index (κ2) is 10.4. The molecule has 7 nitrogen and oxygen atoms in total. The van der Waals surface area contributed by atoms with Gasteiger partial charge in [0.15, 0.2) is 11.5 Å². The first-order valence-electron chi connectivity index (χ1n) is 12.7. The molecule has 0 amide bonds. The third-order valence-electron chi connectivity index (χ3n) is 7.62. The van der Waals surface area contributed by atoms with Crippen molar-refractivity contribution in [3.8, 4) is 33.9 Å². The highest BCUT2D eigenvalue weighted by Gasteiger charge is 2.31. The lowest BCUT2D eigenvalue weighted by Crippen LogP contribution is -2.32. The van der Waals surface area contributed by atoms with Crippen LogP contribution in [0, 0.1) is 0 Å². The van der Waals surface area contributed by atoms with Crippen LogP contribution < -0.4 is 5.73 Å². The van der Waals surface area contributed by atoms with Gasteiger partial charge in [0.1, 0.15) is 5.69 Å². The maximum atomic E-state index is 6.73. The maximum Gasteiger partial charge on any atom is 0.188 e. The molecule has 0 spiro atoms. The number of fused-ring (bicyclic) bond motifs is 3. The Morgan fingerprint density at radius 1 is 0.872 bits per heavy atom. The van der Waals surface area contributed by atoms with E-state index in [-0.39, 0.29) is 30.4 Å². The van der Waals surface area contributed by atoms with Crippen molar-refractivity contribution in [3.63, 3.8) is 0 Å². The average Bonchev–Trinajstić information content (AvgIpc) is 3.68. The smallest absolute Gasteiger partial charge is 0.188 e. The average molecular weight is 559 g/mol. The van der Waals surface area contributed by atoms with E-state index in [1.165, 1.54) is 18.4 Å². The maximum absolute atomic E-state index is 6.73. The van der Waals surface area contributed by atoms with Gasteiger partial charge in [-0.25, -0.2) is 9.97 Å². The molecular weight excluding hydrogens is 529 g/mol. The summed E-state index contributed by atoms with van der Waals surface area (Å²) in [5.74, 6) is 0.709. The van der Waals surface area contributed by atoms with Crippen LogP contribution in [0.25, 0.3) is 50.5 Å². The van der Waals surface area contributed by atoms with Gasteiger partial charge in [-0.15, -0.1) is 35.0 Å². The van der Waals surface area contributed by atoms with Gasteiger partial charge >= 0.3 is 0 Å². The molecule has 0 unspecified atom stereocenters. The van der Waals surface area contributed by atoms with Crippen molar-refractivity contribution in [2.45, 2.75) is 31.2 Å². The van der Waals surface area contributed by atoms with Crippen molar-refractivity contribution in [3.05, 3.63) is 91.0 Å². The minimum Gasteiger partial charge on any atom is -0.340 e. The zero-order valence-corrected chi connectivity index (χ0v) is 23.1. The third-order valence-corrected chi connectivity index (χ3v) is 7.62. The SMILES string of the molecule is Cl.Cl.Cn1cnc(-c2nnc3c4cc(-c5ccccc5)c(-c5ccc(C6(N)CCCC6)cc5)nc4ccn23)c1. The highest BCUT2D eigenvalue weighted by atomic mass is 35.5. The minimum atomic E-state index is -0.206. The zero-order valence-electron chi connectivity index (χ0n) is 21.5. The van der Waals surface area contributed by atoms with E-state index >= 15 is 0 Å². The first-order chi connectivity index (χ1) is 18.1. The van der Waals surface area contributed by atoms with Crippen LogP contribution in [-0.4, -0.2) is 29.1 Å². The Balaban J connectivity index is 0.00000154. The molecule has 39 heavy (non-hydrogen) atoms. The van der Waals surface area contributed by atoms with Crippen LogP contribution in [0.5, 0.6) is 0 Å². The molecule has 0 aliphatic heterocycles. The molecule has 9 heteroatoms. The van der Waals surface area contributed by atoms with Crippen molar-refractivity contribution in [1.29, 1.82) is 0 Å². The number of halogens is 2. The summed E-state index contributed by atoms with van der Waals surface area (Å²) >= 11 is 0. The molecule has 0 bridgehead atoms. The summed E-state index contributed by atoms with van der Waals surface area (Å²) in [6.07, 6.45) is 10.2. The van der Waals surface area contributed by atoms with Crippen LogP contribution in [0.3, 0.4) is 0 Å². The number of pyridine rings is 2. The number of nitrogens with two attached hydrogens (primary N) is 1. The molecule has 198 valence electrons. The third kappa shape index (κ3) is 4.56. The van der Waals surface area contributed by atoms with Gasteiger partial charge in [-0.1, -0.05) is 67.4 Å². The monoisotopic (exact) mass is 557 g/mol. The molecule has 0 saturated heterocycles. The van der Waals surface area contributed by atoms with E-state index in [2.05, 4.69) is 69.8 Å². The van der Waals surface area contributed by atoms with E-state index in [1.54, 1.807) is 6.33 Å². The Morgan fingerprint density at radius 3 is 2.31 bits per heavy atom. The molecule has 0 atom stereocenters. The minimum absolute atomic E-state index is 0. The molecule has 4 aromatic heterocycles. The van der Waals surface area contributed by atoms with Gasteiger partial charge < -0.3 is 10.3 Å². The molecule has 1 aliphatic rings. The first-order valence-corrected chi connectivity index (χ1v) is 12.7. The summed E-state index contributed by atoms with van der Waals surface area (Å²) in [5.41, 5.74) is 14.3. The van der Waals surface area contributed by atoms with Gasteiger partial charge in [-0.05, 0) is 36.1 Å². The van der Waals surface area contributed by atoms with Gasteiger partial charge in [0.25, 0.3) is 0 Å². The van der Waals surface area contributed by atoms with E-state index in [0.29, 0.717) is 5.82 Å². The molecule has 1 saturated carbocycles. The van der Waals surface area contributed by atoms with Crippen molar-refractivity contribution < 1.29 is 0 Å². The molecule has 4 heterocycles.